The molecule has 0 bridgehead atoms. The summed E-state index contributed by atoms with van der Waals surface area (Å²) >= 11 is 0. The van der Waals surface area contributed by atoms with E-state index in [1.54, 1.807) is 11.0 Å². The van der Waals surface area contributed by atoms with E-state index in [1.807, 2.05) is 6.07 Å². The van der Waals surface area contributed by atoms with E-state index in [9.17, 15) is 4.79 Å². The molecule has 8 nitrogen and oxygen atoms in total. The molecule has 1 fully saturated rings. The summed E-state index contributed by atoms with van der Waals surface area (Å²) in [5, 5.41) is 7.13. The second-order valence-corrected chi connectivity index (χ2v) is 6.50. The number of hydrogen-bond acceptors (Lipinski definition) is 6. The van der Waals surface area contributed by atoms with Gasteiger partial charge in [0.1, 0.15) is 24.8 Å². The van der Waals surface area contributed by atoms with Gasteiger partial charge < -0.3 is 10.2 Å². The Balaban J connectivity index is 1.68. The van der Waals surface area contributed by atoms with Crippen LogP contribution in [0.1, 0.15) is 26.7 Å². The summed E-state index contributed by atoms with van der Waals surface area (Å²) in [5.41, 5.74) is 0. The van der Waals surface area contributed by atoms with Crippen LogP contribution in [-0.2, 0) is 4.79 Å². The Morgan fingerprint density at radius 2 is 2.17 bits per heavy atom. The van der Waals surface area contributed by atoms with E-state index in [4.69, 9.17) is 0 Å². The zero-order valence-electron chi connectivity index (χ0n) is 14.1. The summed E-state index contributed by atoms with van der Waals surface area (Å²) in [6.07, 6.45) is 6.49. The quantitative estimate of drug-likeness (QED) is 0.882. The molecule has 1 saturated heterocycles. The number of carbonyl (C=O) groups is 1. The molecule has 0 saturated carbocycles. The smallest absolute Gasteiger partial charge is 0.224 e. The van der Waals surface area contributed by atoms with Gasteiger partial charge in [-0.25, -0.2) is 19.6 Å². The van der Waals surface area contributed by atoms with Crippen LogP contribution in [0.5, 0.6) is 0 Å². The zero-order chi connectivity index (χ0) is 16.9. The van der Waals surface area contributed by atoms with Crippen molar-refractivity contribution in [1.82, 2.24) is 30.0 Å². The van der Waals surface area contributed by atoms with Crippen LogP contribution in [0.15, 0.2) is 25.0 Å². The Kier molecular flexibility index (Phi) is 5.02. The topological polar surface area (TPSA) is 88.8 Å². The lowest BCUT2D eigenvalue weighted by molar-refractivity contribution is -0.125. The van der Waals surface area contributed by atoms with E-state index in [1.165, 1.54) is 12.7 Å². The van der Waals surface area contributed by atoms with Crippen molar-refractivity contribution < 1.29 is 4.79 Å². The van der Waals surface area contributed by atoms with Crippen LogP contribution in [0.2, 0.25) is 0 Å². The van der Waals surface area contributed by atoms with Gasteiger partial charge in [0.25, 0.3) is 0 Å². The summed E-state index contributed by atoms with van der Waals surface area (Å²) in [4.78, 5) is 27.0. The number of nitrogens with one attached hydrogen (secondary N) is 1. The zero-order valence-corrected chi connectivity index (χ0v) is 14.1. The van der Waals surface area contributed by atoms with Crippen LogP contribution in [0.25, 0.3) is 5.82 Å². The van der Waals surface area contributed by atoms with Crippen molar-refractivity contribution in [2.75, 3.05) is 24.5 Å². The second-order valence-electron chi connectivity index (χ2n) is 6.50. The highest BCUT2D eigenvalue weighted by Gasteiger charge is 2.26. The predicted molar refractivity (Wildman–Crippen MR) is 89.7 cm³/mol. The Bertz CT molecular complexity index is 671. The highest BCUT2D eigenvalue weighted by molar-refractivity contribution is 5.79. The minimum absolute atomic E-state index is 0.00212. The number of hydrogen-bond donors (Lipinski definition) is 1. The first kappa shape index (κ1) is 16.4. The highest BCUT2D eigenvalue weighted by atomic mass is 16.1. The van der Waals surface area contributed by atoms with Crippen molar-refractivity contribution in [3.8, 4) is 5.82 Å². The minimum Gasteiger partial charge on any atom is -0.356 e. The van der Waals surface area contributed by atoms with Crippen molar-refractivity contribution in [3.05, 3.63) is 25.0 Å². The van der Waals surface area contributed by atoms with Gasteiger partial charge in [-0.2, -0.15) is 5.10 Å². The van der Waals surface area contributed by atoms with Gasteiger partial charge in [-0.15, -0.1) is 0 Å². The van der Waals surface area contributed by atoms with Gasteiger partial charge in [0.2, 0.25) is 5.91 Å². The van der Waals surface area contributed by atoms with E-state index in [0.29, 0.717) is 18.3 Å². The molecule has 1 aliphatic rings. The van der Waals surface area contributed by atoms with E-state index < -0.39 is 0 Å². The van der Waals surface area contributed by atoms with Crippen LogP contribution in [-0.4, -0.2) is 50.3 Å². The molecule has 1 unspecified atom stereocenters. The summed E-state index contributed by atoms with van der Waals surface area (Å²) in [6, 6.07) is 1.88. The van der Waals surface area contributed by atoms with Crippen molar-refractivity contribution >= 4 is 11.7 Å². The Morgan fingerprint density at radius 1 is 1.33 bits per heavy atom. The van der Waals surface area contributed by atoms with Gasteiger partial charge in [-0.05, 0) is 18.8 Å². The third-order valence-electron chi connectivity index (χ3n) is 4.09. The average molecular weight is 329 g/mol. The lowest BCUT2D eigenvalue weighted by Crippen LogP contribution is -2.44. The molecular weight excluding hydrogens is 306 g/mol. The van der Waals surface area contributed by atoms with E-state index in [2.05, 4.69) is 44.1 Å². The van der Waals surface area contributed by atoms with E-state index in [0.717, 1.165) is 31.7 Å². The first-order chi connectivity index (χ1) is 11.6. The van der Waals surface area contributed by atoms with Crippen LogP contribution in [0, 0.1) is 11.8 Å². The van der Waals surface area contributed by atoms with Gasteiger partial charge in [0.15, 0.2) is 5.82 Å². The Morgan fingerprint density at radius 3 is 2.92 bits per heavy atom. The first-order valence-corrected chi connectivity index (χ1v) is 8.33. The highest BCUT2D eigenvalue weighted by Crippen LogP contribution is 2.22. The van der Waals surface area contributed by atoms with E-state index in [-0.39, 0.29) is 11.8 Å². The van der Waals surface area contributed by atoms with Crippen molar-refractivity contribution in [2.24, 2.45) is 11.8 Å². The fraction of sp³-hybridized carbons (Fsp3) is 0.562. The first-order valence-electron chi connectivity index (χ1n) is 8.33. The predicted octanol–water partition coefficient (Wildman–Crippen LogP) is 1.05. The van der Waals surface area contributed by atoms with Crippen molar-refractivity contribution in [3.63, 3.8) is 0 Å². The number of amides is 1. The maximum atomic E-state index is 12.3. The molecule has 0 aromatic carbocycles. The third kappa shape index (κ3) is 3.87. The number of carbonyl (C=O) groups excluding carboxylic acids is 1. The number of aromatic nitrogens is 5. The summed E-state index contributed by atoms with van der Waals surface area (Å²) in [7, 11) is 0. The van der Waals surface area contributed by atoms with E-state index >= 15 is 0 Å². The minimum atomic E-state index is 0.00212. The SMILES string of the molecule is CC(C)CNC(=O)C1CCCN(c2cc(-n3cncn3)ncn2)C1. The molecule has 1 aliphatic heterocycles. The van der Waals surface area contributed by atoms with Gasteiger partial charge in [0, 0.05) is 25.7 Å². The molecule has 2 aromatic heterocycles. The Hall–Kier alpha value is -2.51. The summed E-state index contributed by atoms with van der Waals surface area (Å²) in [5.74, 6) is 2.09. The summed E-state index contributed by atoms with van der Waals surface area (Å²) < 4.78 is 1.60. The lowest BCUT2D eigenvalue weighted by Gasteiger charge is -2.33. The van der Waals surface area contributed by atoms with Crippen molar-refractivity contribution in [1.29, 1.82) is 0 Å². The molecule has 128 valence electrons. The number of nitrogens with zero attached hydrogens (tertiary/aromatic N) is 6. The number of rotatable bonds is 5. The van der Waals surface area contributed by atoms with Gasteiger partial charge in [-0.3, -0.25) is 4.79 Å². The van der Waals surface area contributed by atoms with Gasteiger partial charge >= 0.3 is 0 Å². The monoisotopic (exact) mass is 329 g/mol. The molecule has 0 radical (unpaired) electrons. The average Bonchev–Trinajstić information content (AvgIpc) is 3.14. The number of anilines is 1. The largest absolute Gasteiger partial charge is 0.356 e. The fourth-order valence-corrected chi connectivity index (χ4v) is 2.81. The van der Waals surface area contributed by atoms with Crippen LogP contribution in [0.4, 0.5) is 5.82 Å². The maximum absolute atomic E-state index is 12.3. The molecule has 3 rings (SSSR count). The molecule has 1 amide bonds. The maximum Gasteiger partial charge on any atom is 0.224 e. The molecule has 0 aliphatic carbocycles. The molecule has 1 atom stereocenters. The molecule has 0 spiro atoms. The van der Waals surface area contributed by atoms with Crippen LogP contribution < -0.4 is 10.2 Å². The number of piperidine rings is 1. The van der Waals surface area contributed by atoms with Crippen LogP contribution in [0.3, 0.4) is 0 Å². The standard InChI is InChI=1S/C16H23N7O/c1-12(2)7-18-16(24)13-4-3-5-22(8-13)14-6-15(20-10-19-14)23-11-17-9-21-23/h6,9-13H,3-5,7-8H2,1-2H3,(H,18,24). The molecule has 8 heteroatoms. The second kappa shape index (κ2) is 7.37. The van der Waals surface area contributed by atoms with Crippen molar-refractivity contribution in [2.45, 2.75) is 26.7 Å². The lowest BCUT2D eigenvalue weighted by atomic mass is 9.97. The summed E-state index contributed by atoms with van der Waals surface area (Å²) in [6.45, 7) is 6.48. The van der Waals surface area contributed by atoms with Gasteiger partial charge in [0.05, 0.1) is 5.92 Å². The molecular formula is C16H23N7O. The molecule has 3 heterocycles. The fourth-order valence-electron chi connectivity index (χ4n) is 2.81. The van der Waals surface area contributed by atoms with Crippen LogP contribution >= 0.6 is 0 Å². The Labute approximate surface area is 141 Å². The third-order valence-corrected chi connectivity index (χ3v) is 4.09. The van der Waals surface area contributed by atoms with Gasteiger partial charge in [-0.1, -0.05) is 13.8 Å². The normalized spacial score (nSPS) is 18.0. The molecule has 24 heavy (non-hydrogen) atoms. The molecule has 2 aromatic rings. The molecule has 1 N–H and O–H groups in total.